The fourth-order valence-electron chi connectivity index (χ4n) is 1.75. The first-order valence-corrected chi connectivity index (χ1v) is 4.24. The van der Waals surface area contributed by atoms with E-state index in [-0.39, 0.29) is 6.42 Å². The van der Waals surface area contributed by atoms with Crippen molar-refractivity contribution in [2.24, 2.45) is 0 Å². The van der Waals surface area contributed by atoms with Gasteiger partial charge in [-0.25, -0.2) is 0 Å². The van der Waals surface area contributed by atoms with E-state index in [0.29, 0.717) is 5.56 Å². The minimum absolute atomic E-state index is 0.153. The minimum atomic E-state index is -2.11. The van der Waals surface area contributed by atoms with Crippen molar-refractivity contribution in [1.82, 2.24) is 0 Å². The molecular formula is C10H10O4. The molecule has 3 N–H and O–H groups in total. The average molecular weight is 194 g/mol. The topological polar surface area (TPSA) is 77.8 Å². The molecular weight excluding hydrogens is 184 g/mol. The second-order valence-corrected chi connectivity index (χ2v) is 3.57. The lowest BCUT2D eigenvalue weighted by Gasteiger charge is -2.13. The van der Waals surface area contributed by atoms with E-state index in [1.165, 1.54) is 0 Å². The third-order valence-corrected chi connectivity index (χ3v) is 2.70. The van der Waals surface area contributed by atoms with E-state index in [1.807, 2.05) is 0 Å². The summed E-state index contributed by atoms with van der Waals surface area (Å²) in [6.07, 6.45) is -0.153. The smallest absolute Gasteiger partial charge is 0.319 e. The van der Waals surface area contributed by atoms with Gasteiger partial charge in [0, 0.05) is 6.42 Å². The van der Waals surface area contributed by atoms with Crippen LogP contribution in [0.25, 0.3) is 0 Å². The van der Waals surface area contributed by atoms with E-state index in [1.54, 1.807) is 30.3 Å². The van der Waals surface area contributed by atoms with Crippen molar-refractivity contribution < 1.29 is 20.1 Å². The highest BCUT2D eigenvalue weighted by atomic mass is 16.5. The van der Waals surface area contributed by atoms with Crippen LogP contribution in [0.3, 0.4) is 0 Å². The summed E-state index contributed by atoms with van der Waals surface area (Å²) in [6, 6.07) is 8.27. The fraction of sp³-hybridized carbons (Fsp3) is 0.300. The Kier molecular flexibility index (Phi) is 1.68. The van der Waals surface area contributed by atoms with Crippen LogP contribution in [0.5, 0.6) is 0 Å². The summed E-state index contributed by atoms with van der Waals surface area (Å²) in [4.78, 5) is 11.0. The predicted octanol–water partition coefficient (Wildman–Crippen LogP) is 0.0936. The molecule has 0 spiro atoms. The Labute approximate surface area is 80.4 Å². The van der Waals surface area contributed by atoms with Gasteiger partial charge in [0.2, 0.25) is 0 Å². The maximum atomic E-state index is 11.0. The molecule has 0 aliphatic heterocycles. The molecule has 1 atom stereocenters. The third kappa shape index (κ3) is 0.981. The number of carbonyl (C=O) groups is 1. The second kappa shape index (κ2) is 2.56. The summed E-state index contributed by atoms with van der Waals surface area (Å²) < 4.78 is 0. The van der Waals surface area contributed by atoms with Crippen molar-refractivity contribution in [3.8, 4) is 0 Å². The normalized spacial score (nSPS) is 28.4. The van der Waals surface area contributed by atoms with Crippen LogP contribution in [0.1, 0.15) is 12.0 Å². The monoisotopic (exact) mass is 194 g/mol. The van der Waals surface area contributed by atoms with Gasteiger partial charge < -0.3 is 15.3 Å². The highest BCUT2D eigenvalue weighted by Crippen LogP contribution is 2.56. The second-order valence-electron chi connectivity index (χ2n) is 3.57. The molecule has 1 aliphatic rings. The van der Waals surface area contributed by atoms with Crippen molar-refractivity contribution in [2.75, 3.05) is 0 Å². The fourth-order valence-corrected chi connectivity index (χ4v) is 1.75. The van der Waals surface area contributed by atoms with Gasteiger partial charge in [-0.05, 0) is 5.56 Å². The Morgan fingerprint density at radius 1 is 1.21 bits per heavy atom. The lowest BCUT2D eigenvalue weighted by Crippen LogP contribution is -2.31. The summed E-state index contributed by atoms with van der Waals surface area (Å²) in [5.74, 6) is -3.31. The molecule has 0 saturated heterocycles. The van der Waals surface area contributed by atoms with Crippen molar-refractivity contribution in [1.29, 1.82) is 0 Å². The van der Waals surface area contributed by atoms with Crippen LogP contribution in [0, 0.1) is 0 Å². The zero-order valence-corrected chi connectivity index (χ0v) is 7.34. The Morgan fingerprint density at radius 2 is 1.71 bits per heavy atom. The predicted molar refractivity (Wildman–Crippen MR) is 47.5 cm³/mol. The molecule has 0 aromatic heterocycles. The van der Waals surface area contributed by atoms with Gasteiger partial charge in [-0.3, -0.25) is 4.79 Å². The minimum Gasteiger partial charge on any atom is -0.480 e. The average Bonchev–Trinajstić information content (AvgIpc) is 2.72. The zero-order valence-electron chi connectivity index (χ0n) is 7.34. The van der Waals surface area contributed by atoms with Crippen LogP contribution in [0.2, 0.25) is 0 Å². The molecule has 0 bridgehead atoms. The Hall–Kier alpha value is -1.39. The maximum absolute atomic E-state index is 11.0. The molecule has 0 amide bonds. The molecule has 1 fully saturated rings. The number of hydrogen-bond donors (Lipinski definition) is 3. The first-order valence-electron chi connectivity index (χ1n) is 4.24. The molecule has 1 unspecified atom stereocenters. The molecule has 1 aliphatic carbocycles. The van der Waals surface area contributed by atoms with Crippen molar-refractivity contribution in [3.05, 3.63) is 35.9 Å². The van der Waals surface area contributed by atoms with E-state index >= 15 is 0 Å². The van der Waals surface area contributed by atoms with Gasteiger partial charge in [0.25, 0.3) is 0 Å². The van der Waals surface area contributed by atoms with Crippen molar-refractivity contribution in [3.63, 3.8) is 0 Å². The third-order valence-electron chi connectivity index (χ3n) is 2.70. The van der Waals surface area contributed by atoms with Gasteiger partial charge in [-0.2, -0.15) is 0 Å². The van der Waals surface area contributed by atoms with Crippen LogP contribution in [-0.2, 0) is 10.2 Å². The van der Waals surface area contributed by atoms with Crippen LogP contribution in [-0.4, -0.2) is 27.1 Å². The number of carboxylic acids is 1. The lowest BCUT2D eigenvalue weighted by atomic mass is 9.95. The largest absolute Gasteiger partial charge is 0.480 e. The maximum Gasteiger partial charge on any atom is 0.319 e. The van der Waals surface area contributed by atoms with Crippen molar-refractivity contribution in [2.45, 2.75) is 17.6 Å². The zero-order chi connectivity index (χ0) is 10.4. The standard InChI is InChI=1S/C10H10O4/c11-8(12)9(6-10(9,13)14)7-4-2-1-3-5-7/h1-5,13-14H,6H2,(H,11,12). The molecule has 0 radical (unpaired) electrons. The lowest BCUT2D eigenvalue weighted by molar-refractivity contribution is -0.150. The van der Waals surface area contributed by atoms with Crippen LogP contribution < -0.4 is 0 Å². The number of rotatable bonds is 2. The molecule has 14 heavy (non-hydrogen) atoms. The Balaban J connectivity index is 2.47. The first kappa shape index (κ1) is 9.18. The van der Waals surface area contributed by atoms with Gasteiger partial charge in [0.15, 0.2) is 11.2 Å². The van der Waals surface area contributed by atoms with Crippen LogP contribution in [0.4, 0.5) is 0 Å². The molecule has 1 aromatic rings. The molecule has 4 heteroatoms. The number of carboxylic acid groups (broad SMARTS) is 1. The van der Waals surface area contributed by atoms with E-state index in [0.717, 1.165) is 0 Å². The molecule has 74 valence electrons. The summed E-state index contributed by atoms with van der Waals surface area (Å²) in [7, 11) is 0. The summed E-state index contributed by atoms with van der Waals surface area (Å²) in [6.45, 7) is 0. The van der Waals surface area contributed by atoms with Gasteiger partial charge in [0.05, 0.1) is 0 Å². The SMILES string of the molecule is O=C(O)C1(c2ccccc2)CC1(O)O. The summed E-state index contributed by atoms with van der Waals surface area (Å²) in [5.41, 5.74) is -1.11. The van der Waals surface area contributed by atoms with E-state index in [4.69, 9.17) is 5.11 Å². The first-order chi connectivity index (χ1) is 6.51. The molecule has 0 heterocycles. The van der Waals surface area contributed by atoms with Gasteiger partial charge in [-0.15, -0.1) is 0 Å². The number of hydrogen-bond acceptors (Lipinski definition) is 3. The Bertz CT molecular complexity index is 371. The molecule has 1 saturated carbocycles. The van der Waals surface area contributed by atoms with Crippen LogP contribution in [0.15, 0.2) is 30.3 Å². The van der Waals surface area contributed by atoms with E-state index in [2.05, 4.69) is 0 Å². The number of benzene rings is 1. The highest BCUT2D eigenvalue weighted by Gasteiger charge is 2.73. The number of aliphatic carboxylic acids is 1. The highest BCUT2D eigenvalue weighted by molar-refractivity contribution is 5.87. The molecule has 1 aromatic carbocycles. The van der Waals surface area contributed by atoms with Gasteiger partial charge in [0.1, 0.15) is 0 Å². The van der Waals surface area contributed by atoms with Gasteiger partial charge in [-0.1, -0.05) is 30.3 Å². The molecule has 4 nitrogen and oxygen atoms in total. The van der Waals surface area contributed by atoms with E-state index in [9.17, 15) is 15.0 Å². The van der Waals surface area contributed by atoms with Gasteiger partial charge >= 0.3 is 5.97 Å². The van der Waals surface area contributed by atoms with Crippen molar-refractivity contribution >= 4 is 5.97 Å². The van der Waals surface area contributed by atoms with E-state index < -0.39 is 17.2 Å². The Morgan fingerprint density at radius 3 is 2.07 bits per heavy atom. The summed E-state index contributed by atoms with van der Waals surface area (Å²) in [5, 5.41) is 27.7. The molecule has 2 rings (SSSR count). The number of aliphatic hydroxyl groups is 2. The summed E-state index contributed by atoms with van der Waals surface area (Å²) >= 11 is 0. The van der Waals surface area contributed by atoms with Crippen LogP contribution >= 0.6 is 0 Å². The quantitative estimate of drug-likeness (QED) is 0.583.